The summed E-state index contributed by atoms with van der Waals surface area (Å²) in [5.74, 6) is -1.42. The van der Waals surface area contributed by atoms with Gasteiger partial charge in [0, 0.05) is 5.56 Å². The number of amides is 4. The summed E-state index contributed by atoms with van der Waals surface area (Å²) >= 11 is 0. The molecule has 0 spiro atoms. The van der Waals surface area contributed by atoms with Crippen LogP contribution in [0.2, 0.25) is 0 Å². The van der Waals surface area contributed by atoms with Crippen molar-refractivity contribution in [2.24, 2.45) is 22.8 Å². The minimum Gasteiger partial charge on any atom is -0.476 e. The number of benzene rings is 3. The van der Waals surface area contributed by atoms with Crippen molar-refractivity contribution >= 4 is 23.5 Å². The molecule has 0 aromatic heterocycles. The van der Waals surface area contributed by atoms with Gasteiger partial charge in [0.15, 0.2) is 0 Å². The zero-order valence-corrected chi connectivity index (χ0v) is 21.2. The molecule has 8 nitrogen and oxygen atoms in total. The van der Waals surface area contributed by atoms with Crippen LogP contribution in [0.4, 0.5) is 10.5 Å². The third-order valence-corrected chi connectivity index (χ3v) is 6.52. The van der Waals surface area contributed by atoms with E-state index in [1.165, 1.54) is 0 Å². The summed E-state index contributed by atoms with van der Waals surface area (Å²) in [4.78, 5) is 40.1. The molecule has 0 aliphatic carbocycles. The summed E-state index contributed by atoms with van der Waals surface area (Å²) in [6, 6.07) is 22.7. The van der Waals surface area contributed by atoms with Crippen LogP contribution < -0.4 is 26.4 Å². The van der Waals surface area contributed by atoms with E-state index in [0.717, 1.165) is 5.56 Å². The lowest BCUT2D eigenvalue weighted by Gasteiger charge is -2.42. The SMILES string of the molecule is CC(C)(C)C(C(N)=O)C1NC(=O)N(Cc2ccccc2)c2ccc(C(Oc3ccccc3)C(N)=O)cc21. The van der Waals surface area contributed by atoms with Crippen LogP contribution in [0.15, 0.2) is 78.9 Å². The quantitative estimate of drug-likeness (QED) is 0.428. The first-order valence-corrected chi connectivity index (χ1v) is 12.1. The molecule has 0 fully saturated rings. The molecule has 3 unspecified atom stereocenters. The number of anilines is 1. The highest BCUT2D eigenvalue weighted by atomic mass is 16.5. The fraction of sp³-hybridized carbons (Fsp3) is 0.276. The number of hydrogen-bond acceptors (Lipinski definition) is 4. The van der Waals surface area contributed by atoms with E-state index in [0.29, 0.717) is 29.1 Å². The fourth-order valence-corrected chi connectivity index (χ4v) is 4.83. The van der Waals surface area contributed by atoms with E-state index < -0.39 is 35.3 Å². The van der Waals surface area contributed by atoms with Crippen molar-refractivity contribution in [2.75, 3.05) is 4.90 Å². The van der Waals surface area contributed by atoms with Gasteiger partial charge in [0.25, 0.3) is 5.91 Å². The first-order chi connectivity index (χ1) is 17.6. The zero-order valence-electron chi connectivity index (χ0n) is 21.2. The molecule has 3 atom stereocenters. The molecule has 8 heteroatoms. The minimum absolute atomic E-state index is 0.322. The summed E-state index contributed by atoms with van der Waals surface area (Å²) < 4.78 is 5.94. The lowest BCUT2D eigenvalue weighted by atomic mass is 9.72. The van der Waals surface area contributed by atoms with Gasteiger partial charge in [-0.15, -0.1) is 0 Å². The minimum atomic E-state index is -1.07. The summed E-state index contributed by atoms with van der Waals surface area (Å²) in [5.41, 5.74) is 13.8. The van der Waals surface area contributed by atoms with E-state index in [1.54, 1.807) is 47.4 Å². The number of hydrogen-bond donors (Lipinski definition) is 3. The van der Waals surface area contributed by atoms with Gasteiger partial charge in [0.05, 0.1) is 24.2 Å². The van der Waals surface area contributed by atoms with Crippen LogP contribution in [0, 0.1) is 11.3 Å². The number of fused-ring (bicyclic) bond motifs is 1. The molecule has 3 aromatic carbocycles. The van der Waals surface area contributed by atoms with E-state index in [4.69, 9.17) is 16.2 Å². The molecule has 1 heterocycles. The Labute approximate surface area is 216 Å². The number of nitrogens with two attached hydrogens (primary N) is 2. The van der Waals surface area contributed by atoms with Gasteiger partial charge in [-0.3, -0.25) is 14.5 Å². The Morgan fingerprint density at radius 3 is 2.14 bits per heavy atom. The summed E-state index contributed by atoms with van der Waals surface area (Å²) in [6.07, 6.45) is -1.07. The van der Waals surface area contributed by atoms with Crippen LogP contribution in [0.5, 0.6) is 5.75 Å². The van der Waals surface area contributed by atoms with Gasteiger partial charge in [-0.25, -0.2) is 4.79 Å². The average Bonchev–Trinajstić information content (AvgIpc) is 2.84. The zero-order chi connectivity index (χ0) is 26.7. The van der Waals surface area contributed by atoms with Crippen LogP contribution >= 0.6 is 0 Å². The number of nitrogens with one attached hydrogen (secondary N) is 1. The van der Waals surface area contributed by atoms with Crippen LogP contribution in [-0.2, 0) is 16.1 Å². The first-order valence-electron chi connectivity index (χ1n) is 12.1. The molecule has 4 rings (SSSR count). The molecular formula is C29H32N4O4. The molecule has 0 saturated heterocycles. The second kappa shape index (κ2) is 10.3. The number of para-hydroxylation sites is 1. The van der Waals surface area contributed by atoms with Crippen LogP contribution in [0.25, 0.3) is 0 Å². The number of primary amides is 2. The highest BCUT2D eigenvalue weighted by Crippen LogP contribution is 2.43. The molecule has 0 saturated carbocycles. The summed E-state index contributed by atoms with van der Waals surface area (Å²) in [6.45, 7) is 6.03. The van der Waals surface area contributed by atoms with Crippen molar-refractivity contribution in [3.63, 3.8) is 0 Å². The number of ether oxygens (including phenoxy) is 1. The van der Waals surface area contributed by atoms with E-state index in [-0.39, 0.29) is 6.03 Å². The van der Waals surface area contributed by atoms with Crippen molar-refractivity contribution in [2.45, 2.75) is 39.5 Å². The van der Waals surface area contributed by atoms with Crippen LogP contribution in [0.3, 0.4) is 0 Å². The van der Waals surface area contributed by atoms with Gasteiger partial charge in [0.2, 0.25) is 12.0 Å². The third-order valence-electron chi connectivity index (χ3n) is 6.52. The lowest BCUT2D eigenvalue weighted by Crippen LogP contribution is -2.52. The Balaban J connectivity index is 1.82. The predicted octanol–water partition coefficient (Wildman–Crippen LogP) is 4.21. The van der Waals surface area contributed by atoms with Crippen molar-refractivity contribution < 1.29 is 19.1 Å². The smallest absolute Gasteiger partial charge is 0.322 e. The molecule has 5 N–H and O–H groups in total. The van der Waals surface area contributed by atoms with E-state index in [1.807, 2.05) is 57.2 Å². The Morgan fingerprint density at radius 2 is 1.57 bits per heavy atom. The molecule has 192 valence electrons. The number of urea groups is 1. The molecule has 37 heavy (non-hydrogen) atoms. The van der Waals surface area contributed by atoms with Gasteiger partial charge in [-0.05, 0) is 40.8 Å². The normalized spacial score (nSPS) is 16.8. The second-order valence-corrected chi connectivity index (χ2v) is 10.3. The van der Waals surface area contributed by atoms with Crippen LogP contribution in [-0.4, -0.2) is 17.8 Å². The maximum atomic E-state index is 13.4. The Kier molecular flexibility index (Phi) is 7.20. The van der Waals surface area contributed by atoms with Gasteiger partial charge in [-0.1, -0.05) is 75.4 Å². The van der Waals surface area contributed by atoms with Gasteiger partial charge >= 0.3 is 6.03 Å². The monoisotopic (exact) mass is 500 g/mol. The van der Waals surface area contributed by atoms with Gasteiger partial charge in [0.1, 0.15) is 5.75 Å². The molecule has 0 radical (unpaired) electrons. The Morgan fingerprint density at radius 1 is 0.946 bits per heavy atom. The second-order valence-electron chi connectivity index (χ2n) is 10.3. The third kappa shape index (κ3) is 5.58. The van der Waals surface area contributed by atoms with E-state index in [2.05, 4.69) is 5.32 Å². The van der Waals surface area contributed by atoms with Crippen LogP contribution in [0.1, 0.15) is 49.6 Å². The highest BCUT2D eigenvalue weighted by molar-refractivity contribution is 5.96. The number of nitrogens with zero attached hydrogens (tertiary/aromatic N) is 1. The average molecular weight is 501 g/mol. The molecule has 3 aromatic rings. The number of carbonyl (C=O) groups excluding carboxylic acids is 3. The number of carbonyl (C=O) groups is 3. The first kappa shape index (κ1) is 25.8. The Hall–Kier alpha value is -4.33. The maximum Gasteiger partial charge on any atom is 0.322 e. The standard InChI is InChI=1S/C29H32N4O4/c1-29(2,3)23(26(30)34)24-21-16-19(25(27(31)35)37-20-12-8-5-9-13-20)14-15-22(21)33(28(36)32-24)17-18-10-6-4-7-11-18/h4-16,23-25H,17H2,1-3H3,(H2,30,34)(H2,31,35)(H,32,36). The predicted molar refractivity (Wildman–Crippen MR) is 141 cm³/mol. The fourth-order valence-electron chi connectivity index (χ4n) is 4.83. The van der Waals surface area contributed by atoms with Crippen molar-refractivity contribution in [3.8, 4) is 5.75 Å². The largest absolute Gasteiger partial charge is 0.476 e. The molecule has 1 aliphatic heterocycles. The van der Waals surface area contributed by atoms with Gasteiger partial charge in [-0.2, -0.15) is 0 Å². The van der Waals surface area contributed by atoms with E-state index in [9.17, 15) is 14.4 Å². The molecule has 0 bridgehead atoms. The molecule has 1 aliphatic rings. The topological polar surface area (TPSA) is 128 Å². The molecule has 4 amide bonds. The summed E-state index contributed by atoms with van der Waals surface area (Å²) in [7, 11) is 0. The van der Waals surface area contributed by atoms with E-state index >= 15 is 0 Å². The van der Waals surface area contributed by atoms with Crippen molar-refractivity contribution in [1.82, 2.24) is 5.32 Å². The maximum absolute atomic E-state index is 13.4. The van der Waals surface area contributed by atoms with Crippen molar-refractivity contribution in [1.29, 1.82) is 0 Å². The van der Waals surface area contributed by atoms with Gasteiger partial charge < -0.3 is 21.5 Å². The number of rotatable bonds is 8. The highest BCUT2D eigenvalue weighted by Gasteiger charge is 2.43. The lowest BCUT2D eigenvalue weighted by molar-refractivity contribution is -0.126. The Bertz CT molecular complexity index is 1290. The summed E-state index contributed by atoms with van der Waals surface area (Å²) in [5, 5.41) is 3.01. The van der Waals surface area contributed by atoms with Crippen molar-refractivity contribution in [3.05, 3.63) is 95.6 Å². The molecular weight excluding hydrogens is 468 g/mol.